The Morgan fingerprint density at radius 3 is 2.50 bits per heavy atom. The maximum Gasteiger partial charge on any atom is 0.336 e. The van der Waals surface area contributed by atoms with Gasteiger partial charge in [-0.1, -0.05) is 67.1 Å². The molecule has 0 spiro atoms. The van der Waals surface area contributed by atoms with Crippen molar-refractivity contribution < 1.29 is 14.3 Å². The lowest BCUT2D eigenvalue weighted by Gasteiger charge is -2.35. The van der Waals surface area contributed by atoms with E-state index in [1.807, 2.05) is 62.4 Å². The Bertz CT molecular complexity index is 886. The lowest BCUT2D eigenvalue weighted by Crippen LogP contribution is -2.38. The predicted molar refractivity (Wildman–Crippen MR) is 109 cm³/mol. The van der Waals surface area contributed by atoms with E-state index in [-0.39, 0.29) is 24.2 Å². The van der Waals surface area contributed by atoms with E-state index in [9.17, 15) is 9.59 Å². The quantitative estimate of drug-likeness (QED) is 0.683. The van der Waals surface area contributed by atoms with E-state index < -0.39 is 0 Å². The summed E-state index contributed by atoms with van der Waals surface area (Å²) in [4.78, 5) is 27.8. The second-order valence-electron chi connectivity index (χ2n) is 7.07. The summed E-state index contributed by atoms with van der Waals surface area (Å²) in [5.74, 6) is -0.549. The molecule has 0 bridgehead atoms. The molecular formula is C24H27NO3. The predicted octanol–water partition coefficient (Wildman–Crippen LogP) is 4.74. The Labute approximate surface area is 166 Å². The van der Waals surface area contributed by atoms with E-state index >= 15 is 0 Å². The Hall–Kier alpha value is -2.88. The van der Waals surface area contributed by atoms with Crippen molar-refractivity contribution in [3.05, 3.63) is 82.6 Å². The Morgan fingerprint density at radius 1 is 1.11 bits per heavy atom. The van der Waals surface area contributed by atoms with Gasteiger partial charge in [0.25, 0.3) is 0 Å². The van der Waals surface area contributed by atoms with Crippen LogP contribution in [-0.4, -0.2) is 23.4 Å². The van der Waals surface area contributed by atoms with Gasteiger partial charge < -0.3 is 9.64 Å². The van der Waals surface area contributed by atoms with Crippen molar-refractivity contribution in [1.29, 1.82) is 0 Å². The number of carbonyl (C=O) groups excluding carboxylic acids is 2. The number of allylic oxidation sites excluding steroid dienone is 1. The lowest BCUT2D eigenvalue weighted by atomic mass is 9.82. The average molecular weight is 377 g/mol. The molecule has 0 saturated heterocycles. The van der Waals surface area contributed by atoms with Gasteiger partial charge >= 0.3 is 5.97 Å². The first-order valence-corrected chi connectivity index (χ1v) is 9.86. The first kappa shape index (κ1) is 19.9. The molecule has 3 rings (SSSR count). The van der Waals surface area contributed by atoms with Crippen molar-refractivity contribution in [1.82, 2.24) is 4.90 Å². The van der Waals surface area contributed by atoms with Crippen LogP contribution in [0.3, 0.4) is 0 Å². The zero-order valence-electron chi connectivity index (χ0n) is 16.8. The maximum absolute atomic E-state index is 13.1. The number of carbonyl (C=O) groups is 2. The van der Waals surface area contributed by atoms with Crippen LogP contribution in [0.4, 0.5) is 0 Å². The molecular weight excluding hydrogens is 350 g/mol. The van der Waals surface area contributed by atoms with Gasteiger partial charge in [0.1, 0.15) is 0 Å². The monoisotopic (exact) mass is 377 g/mol. The highest BCUT2D eigenvalue weighted by atomic mass is 16.5. The highest BCUT2D eigenvalue weighted by Crippen LogP contribution is 2.38. The zero-order chi connectivity index (χ0) is 20.1. The highest BCUT2D eigenvalue weighted by Gasteiger charge is 2.37. The third kappa shape index (κ3) is 4.16. The number of aryl methyl sites for hydroxylation is 1. The van der Waals surface area contributed by atoms with Crippen LogP contribution in [0.1, 0.15) is 49.3 Å². The van der Waals surface area contributed by atoms with E-state index in [2.05, 4.69) is 6.07 Å². The highest BCUT2D eigenvalue weighted by molar-refractivity contribution is 5.96. The smallest absolute Gasteiger partial charge is 0.336 e. The van der Waals surface area contributed by atoms with Crippen LogP contribution in [0.2, 0.25) is 0 Å². The van der Waals surface area contributed by atoms with Gasteiger partial charge in [0.15, 0.2) is 0 Å². The number of nitrogens with zero attached hydrogens (tertiary/aromatic N) is 1. The number of amides is 1. The van der Waals surface area contributed by atoms with E-state index in [1.165, 1.54) is 0 Å². The molecule has 0 saturated carbocycles. The summed E-state index contributed by atoms with van der Waals surface area (Å²) in [6.45, 7) is 6.60. The van der Waals surface area contributed by atoms with Crippen molar-refractivity contribution >= 4 is 11.9 Å². The molecule has 146 valence electrons. The molecule has 0 fully saturated rings. The molecule has 1 unspecified atom stereocenters. The molecule has 1 aliphatic rings. The van der Waals surface area contributed by atoms with Crippen LogP contribution in [0, 0.1) is 6.92 Å². The number of esters is 1. The van der Waals surface area contributed by atoms with Crippen LogP contribution in [0.25, 0.3) is 0 Å². The fourth-order valence-corrected chi connectivity index (χ4v) is 3.88. The largest absolute Gasteiger partial charge is 0.463 e. The van der Waals surface area contributed by atoms with Gasteiger partial charge in [-0.15, -0.1) is 0 Å². The third-order valence-corrected chi connectivity index (χ3v) is 5.12. The minimum Gasteiger partial charge on any atom is -0.463 e. The molecule has 0 aliphatic carbocycles. The number of ether oxygens (including phenoxy) is 1. The van der Waals surface area contributed by atoms with Gasteiger partial charge in [0.05, 0.1) is 18.7 Å². The second kappa shape index (κ2) is 8.87. The molecule has 4 nitrogen and oxygen atoms in total. The average Bonchev–Trinajstić information content (AvgIpc) is 2.69. The van der Waals surface area contributed by atoms with E-state index in [0.29, 0.717) is 25.1 Å². The Morgan fingerprint density at radius 2 is 1.86 bits per heavy atom. The fourth-order valence-electron chi connectivity index (χ4n) is 3.88. The molecule has 2 aromatic carbocycles. The molecule has 2 aromatic rings. The summed E-state index contributed by atoms with van der Waals surface area (Å²) < 4.78 is 5.38. The van der Waals surface area contributed by atoms with Gasteiger partial charge in [0.2, 0.25) is 5.91 Å². The summed E-state index contributed by atoms with van der Waals surface area (Å²) in [6, 6.07) is 17.9. The molecule has 0 radical (unpaired) electrons. The molecule has 0 aromatic heterocycles. The van der Waals surface area contributed by atoms with Gasteiger partial charge in [-0.25, -0.2) is 4.79 Å². The first-order chi connectivity index (χ1) is 13.5. The molecule has 0 N–H and O–H groups in total. The SMILES string of the molecule is CCOC(=O)C1=C(CC)N(Cc2cccc(C)c2)C(=O)CC1c1ccccc1. The topological polar surface area (TPSA) is 46.6 Å². The summed E-state index contributed by atoms with van der Waals surface area (Å²) >= 11 is 0. The number of benzene rings is 2. The lowest BCUT2D eigenvalue weighted by molar-refractivity contribution is -0.140. The summed E-state index contributed by atoms with van der Waals surface area (Å²) in [7, 11) is 0. The number of hydrogen-bond acceptors (Lipinski definition) is 3. The molecule has 4 heteroatoms. The van der Waals surface area contributed by atoms with Gasteiger partial charge in [-0.05, 0) is 31.4 Å². The number of hydrogen-bond donors (Lipinski definition) is 0. The molecule has 1 atom stereocenters. The van der Waals surface area contributed by atoms with Gasteiger partial charge in [-0.3, -0.25) is 4.79 Å². The third-order valence-electron chi connectivity index (χ3n) is 5.12. The molecule has 28 heavy (non-hydrogen) atoms. The van der Waals surface area contributed by atoms with E-state index in [1.54, 1.807) is 11.8 Å². The summed E-state index contributed by atoms with van der Waals surface area (Å²) in [5, 5.41) is 0. The van der Waals surface area contributed by atoms with Crippen molar-refractivity contribution in [2.45, 2.75) is 46.1 Å². The van der Waals surface area contributed by atoms with Crippen molar-refractivity contribution in [3.63, 3.8) is 0 Å². The van der Waals surface area contributed by atoms with Crippen LogP contribution < -0.4 is 0 Å². The first-order valence-electron chi connectivity index (χ1n) is 9.86. The Kier molecular flexibility index (Phi) is 6.30. The van der Waals surface area contributed by atoms with Gasteiger partial charge in [-0.2, -0.15) is 0 Å². The van der Waals surface area contributed by atoms with Crippen LogP contribution in [0.5, 0.6) is 0 Å². The van der Waals surface area contributed by atoms with Crippen LogP contribution in [0.15, 0.2) is 65.9 Å². The maximum atomic E-state index is 13.1. The van der Waals surface area contributed by atoms with Gasteiger partial charge in [0, 0.05) is 18.0 Å². The molecule has 1 aliphatic heterocycles. The van der Waals surface area contributed by atoms with Crippen molar-refractivity contribution in [2.24, 2.45) is 0 Å². The Balaban J connectivity index is 2.07. The zero-order valence-corrected chi connectivity index (χ0v) is 16.8. The minimum absolute atomic E-state index is 0.0419. The van der Waals surface area contributed by atoms with Crippen molar-refractivity contribution in [3.8, 4) is 0 Å². The summed E-state index contributed by atoms with van der Waals surface area (Å²) in [5.41, 5.74) is 4.56. The van der Waals surface area contributed by atoms with E-state index in [0.717, 1.165) is 22.4 Å². The second-order valence-corrected chi connectivity index (χ2v) is 7.07. The minimum atomic E-state index is -0.324. The number of rotatable bonds is 6. The molecule has 1 amide bonds. The van der Waals surface area contributed by atoms with E-state index in [4.69, 9.17) is 4.74 Å². The van der Waals surface area contributed by atoms with Crippen LogP contribution in [-0.2, 0) is 20.9 Å². The standard InChI is InChI=1S/C24H27NO3/c1-4-21-23(24(27)28-5-2)20(19-12-7-6-8-13-19)15-22(26)25(21)16-18-11-9-10-17(3)14-18/h6-14,20H,4-5,15-16H2,1-3H3. The van der Waals surface area contributed by atoms with Crippen LogP contribution >= 0.6 is 0 Å². The van der Waals surface area contributed by atoms with Crippen molar-refractivity contribution in [2.75, 3.05) is 6.61 Å². The normalized spacial score (nSPS) is 17.0. The fraction of sp³-hybridized carbons (Fsp3) is 0.333. The molecule has 1 heterocycles. The summed E-state index contributed by atoms with van der Waals surface area (Å²) in [6.07, 6.45) is 0.864.